The molecule has 3 heterocycles. The molecule has 1 aromatic rings. The molecule has 2 aliphatic rings. The highest BCUT2D eigenvalue weighted by atomic mass is 32.1. The van der Waals surface area contributed by atoms with Crippen LogP contribution in [0.5, 0.6) is 0 Å². The molecular formula is C8H4N2S. The quantitative estimate of drug-likeness (QED) is 0.535. The minimum Gasteiger partial charge on any atom is -0.253 e. The molecule has 0 aromatic carbocycles. The Morgan fingerprint density at radius 2 is 1.45 bits per heavy atom. The maximum absolute atomic E-state index is 4.23. The van der Waals surface area contributed by atoms with E-state index in [2.05, 4.69) is 9.98 Å². The van der Waals surface area contributed by atoms with Gasteiger partial charge in [-0.15, -0.1) is 11.3 Å². The van der Waals surface area contributed by atoms with Gasteiger partial charge in [-0.1, -0.05) is 0 Å². The second-order valence-electron chi connectivity index (χ2n) is 2.42. The Balaban J connectivity index is 2.60. The van der Waals surface area contributed by atoms with Crippen LogP contribution >= 0.6 is 11.3 Å². The largest absolute Gasteiger partial charge is 0.253 e. The molecule has 0 radical (unpaired) electrons. The van der Waals surface area contributed by atoms with Crippen molar-refractivity contribution in [2.24, 2.45) is 9.98 Å². The summed E-state index contributed by atoms with van der Waals surface area (Å²) in [5.41, 5.74) is 2.10. The summed E-state index contributed by atoms with van der Waals surface area (Å²) < 4.78 is 2.48. The zero-order chi connectivity index (χ0) is 7.26. The first-order valence-electron chi connectivity index (χ1n) is 3.37. The van der Waals surface area contributed by atoms with Crippen LogP contribution in [0.3, 0.4) is 0 Å². The average molecular weight is 160 g/mol. The van der Waals surface area contributed by atoms with Crippen LogP contribution in [-0.2, 0) is 0 Å². The number of nitrogens with zero attached hydrogens (tertiary/aromatic N) is 2. The van der Waals surface area contributed by atoms with Crippen molar-refractivity contribution in [3.8, 4) is 0 Å². The van der Waals surface area contributed by atoms with E-state index < -0.39 is 0 Å². The fourth-order valence-corrected chi connectivity index (χ4v) is 2.27. The lowest BCUT2D eigenvalue weighted by Crippen LogP contribution is -1.89. The van der Waals surface area contributed by atoms with Gasteiger partial charge >= 0.3 is 0 Å². The lowest BCUT2D eigenvalue weighted by Gasteiger charge is -1.83. The van der Waals surface area contributed by atoms with Gasteiger partial charge in [-0.3, -0.25) is 9.98 Å². The molecule has 2 nitrogen and oxygen atoms in total. The first-order valence-corrected chi connectivity index (χ1v) is 4.18. The molecule has 0 aliphatic carbocycles. The molecule has 0 saturated carbocycles. The molecule has 11 heavy (non-hydrogen) atoms. The number of hydrogen-bond acceptors (Lipinski definition) is 3. The molecule has 3 heteroatoms. The maximum Gasteiger partial charge on any atom is 0.107 e. The highest BCUT2D eigenvalue weighted by molar-refractivity contribution is 7.09. The monoisotopic (exact) mass is 160 g/mol. The van der Waals surface area contributed by atoms with Crippen LogP contribution < -0.4 is 9.06 Å². The lowest BCUT2D eigenvalue weighted by atomic mass is 10.4. The predicted molar refractivity (Wildman–Crippen MR) is 48.8 cm³/mol. The van der Waals surface area contributed by atoms with Crippen molar-refractivity contribution in [3.63, 3.8) is 0 Å². The Hall–Kier alpha value is -1.22. The Morgan fingerprint density at radius 1 is 0.909 bits per heavy atom. The summed E-state index contributed by atoms with van der Waals surface area (Å²) in [5.74, 6) is 0. The minimum absolute atomic E-state index is 1.05. The lowest BCUT2D eigenvalue weighted by molar-refractivity contribution is 1.52. The third kappa shape index (κ3) is 0.563. The summed E-state index contributed by atoms with van der Waals surface area (Å²) in [5, 5.41) is 0. The SMILES string of the molecule is C1=Nc2c3c(sc2=C1)=CC=N3. The number of rotatable bonds is 0. The molecule has 0 spiro atoms. The number of aliphatic imine (C=N–C) groups is 2. The van der Waals surface area contributed by atoms with Crippen molar-refractivity contribution in [3.05, 3.63) is 9.06 Å². The van der Waals surface area contributed by atoms with Crippen molar-refractivity contribution in [2.45, 2.75) is 0 Å². The molecule has 0 saturated heterocycles. The molecule has 3 rings (SSSR count). The van der Waals surface area contributed by atoms with Gasteiger partial charge < -0.3 is 0 Å². The van der Waals surface area contributed by atoms with Crippen LogP contribution in [0.4, 0.5) is 11.4 Å². The van der Waals surface area contributed by atoms with Gasteiger partial charge in [0.1, 0.15) is 11.4 Å². The summed E-state index contributed by atoms with van der Waals surface area (Å²) >= 11 is 1.75. The van der Waals surface area contributed by atoms with E-state index in [-0.39, 0.29) is 0 Å². The zero-order valence-corrected chi connectivity index (χ0v) is 6.43. The van der Waals surface area contributed by atoms with Gasteiger partial charge in [-0.25, -0.2) is 0 Å². The fraction of sp³-hybridized carbons (Fsp3) is 0. The molecule has 0 bridgehead atoms. The van der Waals surface area contributed by atoms with Crippen LogP contribution in [0.15, 0.2) is 9.98 Å². The van der Waals surface area contributed by atoms with Crippen molar-refractivity contribution >= 4 is 47.3 Å². The van der Waals surface area contributed by atoms with Gasteiger partial charge in [0.2, 0.25) is 0 Å². The molecule has 0 amide bonds. The summed E-state index contributed by atoms with van der Waals surface area (Å²) in [6.45, 7) is 0. The second-order valence-corrected chi connectivity index (χ2v) is 3.50. The highest BCUT2D eigenvalue weighted by Crippen LogP contribution is 2.25. The highest BCUT2D eigenvalue weighted by Gasteiger charge is 2.11. The Morgan fingerprint density at radius 3 is 2.00 bits per heavy atom. The molecule has 0 unspecified atom stereocenters. The normalized spacial score (nSPS) is 16.0. The Kier molecular flexibility index (Phi) is 0.830. The van der Waals surface area contributed by atoms with E-state index in [0.717, 1.165) is 11.4 Å². The van der Waals surface area contributed by atoms with Crippen LogP contribution in [-0.4, -0.2) is 12.4 Å². The topological polar surface area (TPSA) is 24.7 Å². The summed E-state index contributed by atoms with van der Waals surface area (Å²) in [6.07, 6.45) is 7.72. The molecular weight excluding hydrogens is 156 g/mol. The van der Waals surface area contributed by atoms with Crippen molar-refractivity contribution in [2.75, 3.05) is 0 Å². The summed E-state index contributed by atoms with van der Waals surface area (Å²) in [6, 6.07) is 0. The van der Waals surface area contributed by atoms with Gasteiger partial charge in [0.05, 0.1) is 9.06 Å². The van der Waals surface area contributed by atoms with E-state index in [1.54, 1.807) is 11.3 Å². The average Bonchev–Trinajstić information content (AvgIpc) is 2.52. The van der Waals surface area contributed by atoms with E-state index in [4.69, 9.17) is 0 Å². The third-order valence-electron chi connectivity index (χ3n) is 1.77. The summed E-state index contributed by atoms with van der Waals surface area (Å²) in [7, 11) is 0. The van der Waals surface area contributed by atoms with Gasteiger partial charge in [0.15, 0.2) is 0 Å². The van der Waals surface area contributed by atoms with Crippen LogP contribution in [0.2, 0.25) is 0 Å². The number of thiophene rings is 1. The second kappa shape index (κ2) is 1.68. The summed E-state index contributed by atoms with van der Waals surface area (Å²) in [4.78, 5) is 8.45. The van der Waals surface area contributed by atoms with Gasteiger partial charge in [0, 0.05) is 12.4 Å². The van der Waals surface area contributed by atoms with Crippen LogP contribution in [0.1, 0.15) is 0 Å². The molecule has 0 N–H and O–H groups in total. The minimum atomic E-state index is 1.05. The van der Waals surface area contributed by atoms with Crippen LogP contribution in [0.25, 0.3) is 12.2 Å². The molecule has 0 fully saturated rings. The van der Waals surface area contributed by atoms with Gasteiger partial charge in [-0.05, 0) is 12.2 Å². The number of hydrogen-bond donors (Lipinski definition) is 0. The fourth-order valence-electron chi connectivity index (χ4n) is 1.28. The molecule has 52 valence electrons. The van der Waals surface area contributed by atoms with E-state index >= 15 is 0 Å². The smallest absolute Gasteiger partial charge is 0.107 e. The van der Waals surface area contributed by atoms with Crippen molar-refractivity contribution in [1.29, 1.82) is 0 Å². The van der Waals surface area contributed by atoms with Gasteiger partial charge in [-0.2, -0.15) is 0 Å². The molecule has 1 aromatic heterocycles. The van der Waals surface area contributed by atoms with Gasteiger partial charge in [0.25, 0.3) is 0 Å². The maximum atomic E-state index is 4.23. The molecule has 0 atom stereocenters. The zero-order valence-electron chi connectivity index (χ0n) is 5.61. The standard InChI is InChI=1S/C8H4N2S/c1-3-9-7-5(1)11-6-2-4-10-8(6)7/h1-4H. The predicted octanol–water partition coefficient (Wildman–Crippen LogP) is 0.741. The first-order chi connectivity index (χ1) is 5.45. The van der Waals surface area contributed by atoms with E-state index in [1.165, 1.54) is 9.06 Å². The number of fused-ring (bicyclic) bond motifs is 3. The van der Waals surface area contributed by atoms with Crippen molar-refractivity contribution in [1.82, 2.24) is 0 Å². The van der Waals surface area contributed by atoms with Crippen LogP contribution in [0, 0.1) is 0 Å². The van der Waals surface area contributed by atoms with E-state index in [0.29, 0.717) is 0 Å². The van der Waals surface area contributed by atoms with E-state index in [9.17, 15) is 0 Å². The Bertz CT molecular complexity index is 446. The molecule has 2 aliphatic heterocycles. The third-order valence-corrected chi connectivity index (χ3v) is 2.87. The Labute approximate surface area is 66.9 Å². The van der Waals surface area contributed by atoms with Crippen molar-refractivity contribution < 1.29 is 0 Å². The van der Waals surface area contributed by atoms with E-state index in [1.807, 2.05) is 24.6 Å². The first kappa shape index (κ1) is 5.43.